The highest BCUT2D eigenvalue weighted by molar-refractivity contribution is 6.26. The largest absolute Gasteiger partial charge is 0.511 e. The molecule has 7 aliphatic rings. The number of amides is 1. The predicted molar refractivity (Wildman–Crippen MR) is 238 cm³/mol. The second-order valence-electron chi connectivity index (χ2n) is 20.5. The van der Waals surface area contributed by atoms with Crippen LogP contribution in [0, 0.1) is 51.0 Å². The van der Waals surface area contributed by atoms with Gasteiger partial charge >= 0.3 is 18.0 Å². The van der Waals surface area contributed by atoms with Crippen molar-refractivity contribution in [1.82, 2.24) is 5.32 Å². The standard InChI is InChI=1S/C49H66N2O17/c1-22-11-14-34(66-37-20-47(8,51(60)61)42(27(6)64-37)50-46(59)62-10)23(2)16-32-33(54)17-29(21-52)19-49(32)44(57)38(45(58)68-49)43(56)48(9)31(22)13-12-30-39(48)24(3)15-25(4)41(30)67-36-18-35(65-28(7)53)40(55)26(5)63-36/h11-13,16-17,21,24-27,30-37,39-42,54-56H,14-15,18-20H2,1-10H3,(H,50,59)/b22-11+,23-16+,43-38+. The molecule has 0 aromatic carbocycles. The van der Waals surface area contributed by atoms with Crippen LogP contribution in [0.25, 0.3) is 0 Å². The summed E-state index contributed by atoms with van der Waals surface area (Å²) < 4.78 is 42.1. The number of nitro groups is 1. The Hall–Kier alpha value is -4.79. The molecule has 19 atom stereocenters. The number of hydrogen-bond acceptors (Lipinski definition) is 17. The van der Waals surface area contributed by atoms with Crippen LogP contribution in [0.1, 0.15) is 94.4 Å². The van der Waals surface area contributed by atoms with E-state index in [0.717, 1.165) is 12.7 Å². The first kappa shape index (κ1) is 51.1. The number of rotatable bonds is 8. The summed E-state index contributed by atoms with van der Waals surface area (Å²) in [5.74, 6) is -6.15. The van der Waals surface area contributed by atoms with Crippen molar-refractivity contribution in [3.63, 3.8) is 0 Å². The molecule has 19 heteroatoms. The minimum atomic E-state index is -2.16. The number of fused-ring (bicyclic) bond motifs is 4. The van der Waals surface area contributed by atoms with E-state index in [9.17, 15) is 44.6 Å². The van der Waals surface area contributed by atoms with Gasteiger partial charge in [0.2, 0.25) is 11.3 Å². The quantitative estimate of drug-likeness (QED) is 0.0490. The second kappa shape index (κ2) is 19.2. The number of nitrogens with zero attached hydrogens (tertiary/aromatic N) is 1. The third-order valence-electron chi connectivity index (χ3n) is 16.0. The van der Waals surface area contributed by atoms with Crippen molar-refractivity contribution >= 4 is 30.1 Å². The summed E-state index contributed by atoms with van der Waals surface area (Å²) in [4.78, 5) is 78.5. The molecule has 4 aliphatic carbocycles. The molecule has 3 aliphatic heterocycles. The normalized spacial score (nSPS) is 46.4. The molecule has 2 bridgehead atoms. The van der Waals surface area contributed by atoms with Gasteiger partial charge in [-0.1, -0.05) is 50.6 Å². The van der Waals surface area contributed by atoms with Crippen LogP contribution in [-0.4, -0.2) is 130 Å². The molecule has 19 nitrogen and oxygen atoms in total. The molecule has 68 heavy (non-hydrogen) atoms. The average molecular weight is 955 g/mol. The van der Waals surface area contributed by atoms with Crippen LogP contribution < -0.4 is 5.32 Å². The summed E-state index contributed by atoms with van der Waals surface area (Å²) in [5.41, 5.74) is -4.73. The minimum Gasteiger partial charge on any atom is -0.511 e. The van der Waals surface area contributed by atoms with Crippen molar-refractivity contribution in [1.29, 1.82) is 0 Å². The maximum Gasteiger partial charge on any atom is 0.407 e. The number of ether oxygens (including phenoxy) is 7. The Morgan fingerprint density at radius 1 is 0.971 bits per heavy atom. The van der Waals surface area contributed by atoms with Gasteiger partial charge < -0.3 is 53.8 Å². The van der Waals surface area contributed by atoms with E-state index in [-0.39, 0.29) is 36.7 Å². The van der Waals surface area contributed by atoms with Crippen molar-refractivity contribution in [2.24, 2.45) is 40.9 Å². The monoisotopic (exact) mass is 954 g/mol. The average Bonchev–Trinajstić information content (AvgIpc) is 3.51. The third kappa shape index (κ3) is 8.87. The first-order valence-corrected chi connectivity index (χ1v) is 23.5. The second-order valence-corrected chi connectivity index (χ2v) is 20.5. The molecular weight excluding hydrogens is 889 g/mol. The van der Waals surface area contributed by atoms with Gasteiger partial charge in [-0.05, 0) is 75.5 Å². The Kier molecular flexibility index (Phi) is 14.4. The number of aliphatic hydroxyl groups is 3. The fourth-order valence-corrected chi connectivity index (χ4v) is 12.6. The van der Waals surface area contributed by atoms with Crippen molar-refractivity contribution in [2.45, 2.75) is 167 Å². The van der Waals surface area contributed by atoms with E-state index in [1.54, 1.807) is 26.8 Å². The Bertz CT molecular complexity index is 2220. The number of methoxy groups -OCH3 is 1. The summed E-state index contributed by atoms with van der Waals surface area (Å²) in [6.07, 6.45) is -0.263. The van der Waals surface area contributed by atoms with Crippen LogP contribution >= 0.6 is 0 Å². The van der Waals surface area contributed by atoms with Crippen LogP contribution in [0.5, 0.6) is 0 Å². The van der Waals surface area contributed by atoms with E-state index in [4.69, 9.17) is 33.2 Å². The number of aliphatic hydroxyl groups excluding tert-OH is 3. The highest BCUT2D eigenvalue weighted by Gasteiger charge is 2.65. The predicted octanol–water partition coefficient (Wildman–Crippen LogP) is 4.66. The number of carbonyl (C=O) groups excluding carboxylic acids is 5. The van der Waals surface area contributed by atoms with Crippen molar-refractivity contribution in [2.75, 3.05) is 7.11 Å². The van der Waals surface area contributed by atoms with Gasteiger partial charge in [0.1, 0.15) is 35.9 Å². The minimum absolute atomic E-state index is 0.0115. The molecule has 4 N–H and O–H groups in total. The van der Waals surface area contributed by atoms with Crippen LogP contribution in [0.3, 0.4) is 0 Å². The lowest BCUT2D eigenvalue weighted by atomic mass is 9.49. The zero-order chi connectivity index (χ0) is 49.9. The van der Waals surface area contributed by atoms with E-state index < -0.39 is 148 Å². The summed E-state index contributed by atoms with van der Waals surface area (Å²) in [6.45, 7) is 15.4. The number of alkyl carbamates (subject to hydrolysis) is 1. The van der Waals surface area contributed by atoms with Crippen LogP contribution in [-0.2, 0) is 52.3 Å². The summed E-state index contributed by atoms with van der Waals surface area (Å²) in [7, 11) is 1.15. The molecule has 1 amide bonds. The van der Waals surface area contributed by atoms with E-state index in [1.807, 2.05) is 45.9 Å². The fourth-order valence-electron chi connectivity index (χ4n) is 12.6. The van der Waals surface area contributed by atoms with Crippen LogP contribution in [0.2, 0.25) is 0 Å². The van der Waals surface area contributed by atoms with Gasteiger partial charge in [0.15, 0.2) is 18.2 Å². The van der Waals surface area contributed by atoms with Crippen molar-refractivity contribution in [3.8, 4) is 0 Å². The molecule has 374 valence electrons. The number of Topliss-reactive ketones (excluding diaryl/α,β-unsaturated/α-hetero) is 1. The molecule has 7 rings (SSSR count). The highest BCUT2D eigenvalue weighted by Crippen LogP contribution is 2.61. The summed E-state index contributed by atoms with van der Waals surface area (Å²) in [5, 5.41) is 50.7. The first-order valence-electron chi connectivity index (χ1n) is 23.5. The van der Waals surface area contributed by atoms with Crippen LogP contribution in [0.15, 0.2) is 58.4 Å². The van der Waals surface area contributed by atoms with E-state index in [0.29, 0.717) is 18.3 Å². The van der Waals surface area contributed by atoms with Gasteiger partial charge in [-0.25, -0.2) is 9.59 Å². The maximum absolute atomic E-state index is 15.3. The van der Waals surface area contributed by atoms with Crippen LogP contribution in [0.4, 0.5) is 4.79 Å². The number of hydrogen-bond donors (Lipinski definition) is 4. The van der Waals surface area contributed by atoms with Gasteiger partial charge in [0.05, 0.1) is 50.0 Å². The number of carbonyl (C=O) groups is 5. The van der Waals surface area contributed by atoms with E-state index in [1.165, 1.54) is 19.9 Å². The summed E-state index contributed by atoms with van der Waals surface area (Å²) in [6, 6.07) is -1.10. The maximum atomic E-state index is 15.3. The number of allylic oxidation sites excluding steroid dienone is 3. The lowest BCUT2D eigenvalue weighted by Gasteiger charge is -2.56. The molecule has 0 aromatic heterocycles. The topological polar surface area (TPSA) is 266 Å². The molecule has 0 aromatic rings. The first-order chi connectivity index (χ1) is 31.9. The van der Waals surface area contributed by atoms with E-state index >= 15 is 4.79 Å². The Balaban J connectivity index is 1.34. The molecule has 3 heterocycles. The highest BCUT2D eigenvalue weighted by atomic mass is 16.7. The Labute approximate surface area is 395 Å². The SMILES string of the molecule is COC(=O)NC1C(C)OC(OC2C/C=C(\C)C3C=CC4C(OC5CC(OC(C)=O)C(O)C(C)O5)C(C)CC(C)C4C3(C)/C(O)=C3\C(=O)OC4(CC(C=O)=CC(O)C4/C=C/2C)C3=O)CC1(C)[N+](=O)[O-]. The molecule has 3 saturated heterocycles. The smallest absolute Gasteiger partial charge is 0.407 e. The van der Waals surface area contributed by atoms with Gasteiger partial charge in [-0.2, -0.15) is 0 Å². The number of esters is 2. The third-order valence-corrected chi connectivity index (χ3v) is 16.0. The van der Waals surface area contributed by atoms with Gasteiger partial charge in [0.25, 0.3) is 0 Å². The molecule has 1 spiro atoms. The Morgan fingerprint density at radius 3 is 2.31 bits per heavy atom. The van der Waals surface area contributed by atoms with Crippen molar-refractivity contribution in [3.05, 3.63) is 68.5 Å². The molecule has 19 unspecified atom stereocenters. The number of aldehydes is 1. The van der Waals surface area contributed by atoms with E-state index in [2.05, 4.69) is 5.32 Å². The molecule has 0 radical (unpaired) electrons. The molecular formula is C49H66N2O17. The molecule has 1 saturated carbocycles. The van der Waals surface area contributed by atoms with Gasteiger partial charge in [-0.15, -0.1) is 0 Å². The van der Waals surface area contributed by atoms with Crippen molar-refractivity contribution < 1.29 is 77.4 Å². The van der Waals surface area contributed by atoms with Gasteiger partial charge in [-0.3, -0.25) is 24.5 Å². The number of nitrogens with one attached hydrogen (secondary N) is 1. The fraction of sp³-hybridized carbons (Fsp3) is 0.694. The molecule has 4 fully saturated rings. The van der Waals surface area contributed by atoms with Gasteiger partial charge in [0, 0.05) is 48.9 Å². The Morgan fingerprint density at radius 2 is 1.66 bits per heavy atom. The summed E-state index contributed by atoms with van der Waals surface area (Å²) >= 11 is 0. The lowest BCUT2D eigenvalue weighted by molar-refractivity contribution is -0.584. The zero-order valence-corrected chi connectivity index (χ0v) is 40.2. The number of ketones is 1. The zero-order valence-electron chi connectivity index (χ0n) is 40.2. The lowest BCUT2D eigenvalue weighted by Crippen LogP contribution is -2.65.